The second kappa shape index (κ2) is 6.07. The Balaban J connectivity index is 1.72. The van der Waals surface area contributed by atoms with Crippen molar-refractivity contribution in [1.29, 1.82) is 0 Å². The van der Waals surface area contributed by atoms with Gasteiger partial charge in [-0.05, 0) is 37.2 Å². The molecule has 0 aromatic carbocycles. The molecule has 122 valence electrons. The molecule has 2 aliphatic rings. The summed E-state index contributed by atoms with van der Waals surface area (Å²) < 4.78 is 0. The SMILES string of the molecule is NC(=O)CC1CCc2sc3ncnc(NC4CCCCC4)c3c21. The lowest BCUT2D eigenvalue weighted by atomic mass is 9.94. The van der Waals surface area contributed by atoms with E-state index in [1.165, 1.54) is 42.5 Å². The highest BCUT2D eigenvalue weighted by molar-refractivity contribution is 7.19. The van der Waals surface area contributed by atoms with E-state index in [0.29, 0.717) is 12.5 Å². The van der Waals surface area contributed by atoms with Gasteiger partial charge >= 0.3 is 0 Å². The molecule has 0 bridgehead atoms. The molecule has 1 fully saturated rings. The van der Waals surface area contributed by atoms with E-state index in [2.05, 4.69) is 15.3 Å². The third kappa shape index (κ3) is 2.80. The van der Waals surface area contributed by atoms with Crippen LogP contribution in [-0.4, -0.2) is 21.9 Å². The second-order valence-electron chi connectivity index (χ2n) is 6.73. The smallest absolute Gasteiger partial charge is 0.218 e. The van der Waals surface area contributed by atoms with Crippen LogP contribution in [0.3, 0.4) is 0 Å². The van der Waals surface area contributed by atoms with Crippen LogP contribution in [-0.2, 0) is 11.2 Å². The van der Waals surface area contributed by atoms with Gasteiger partial charge in [-0.15, -0.1) is 11.3 Å². The zero-order valence-corrected chi connectivity index (χ0v) is 14.0. The lowest BCUT2D eigenvalue weighted by Crippen LogP contribution is -2.23. The van der Waals surface area contributed by atoms with Gasteiger partial charge in [0.25, 0.3) is 0 Å². The predicted molar refractivity (Wildman–Crippen MR) is 92.8 cm³/mol. The Morgan fingerprint density at radius 1 is 1.26 bits per heavy atom. The molecule has 5 nitrogen and oxygen atoms in total. The number of amides is 1. The molecule has 23 heavy (non-hydrogen) atoms. The molecule has 2 aliphatic carbocycles. The summed E-state index contributed by atoms with van der Waals surface area (Å²) in [5.74, 6) is 0.964. The van der Waals surface area contributed by atoms with Gasteiger partial charge in [0, 0.05) is 17.3 Å². The molecule has 0 spiro atoms. The first-order chi connectivity index (χ1) is 11.2. The van der Waals surface area contributed by atoms with E-state index in [9.17, 15) is 4.79 Å². The van der Waals surface area contributed by atoms with Crippen molar-refractivity contribution in [3.05, 3.63) is 16.8 Å². The lowest BCUT2D eigenvalue weighted by molar-refractivity contribution is -0.118. The summed E-state index contributed by atoms with van der Waals surface area (Å²) in [6, 6.07) is 0.508. The van der Waals surface area contributed by atoms with Crippen molar-refractivity contribution in [3.63, 3.8) is 0 Å². The number of carbonyl (C=O) groups is 1. The van der Waals surface area contributed by atoms with E-state index >= 15 is 0 Å². The summed E-state index contributed by atoms with van der Waals surface area (Å²) in [5, 5.41) is 4.79. The number of nitrogens with one attached hydrogen (secondary N) is 1. The summed E-state index contributed by atoms with van der Waals surface area (Å²) in [5.41, 5.74) is 6.73. The maximum Gasteiger partial charge on any atom is 0.218 e. The number of nitrogens with zero attached hydrogens (tertiary/aromatic N) is 2. The zero-order valence-electron chi connectivity index (χ0n) is 13.2. The first-order valence-electron chi connectivity index (χ1n) is 8.53. The molecule has 3 N–H and O–H groups in total. The Morgan fingerprint density at radius 2 is 2.09 bits per heavy atom. The van der Waals surface area contributed by atoms with Crippen LogP contribution in [0, 0.1) is 0 Å². The van der Waals surface area contributed by atoms with Crippen molar-refractivity contribution in [2.75, 3.05) is 5.32 Å². The number of hydrogen-bond acceptors (Lipinski definition) is 5. The largest absolute Gasteiger partial charge is 0.370 e. The monoisotopic (exact) mass is 330 g/mol. The van der Waals surface area contributed by atoms with Gasteiger partial charge in [0.1, 0.15) is 17.0 Å². The second-order valence-corrected chi connectivity index (χ2v) is 7.81. The zero-order chi connectivity index (χ0) is 15.8. The Morgan fingerprint density at radius 3 is 2.87 bits per heavy atom. The molecule has 2 aromatic rings. The molecule has 2 aromatic heterocycles. The predicted octanol–water partition coefficient (Wildman–Crippen LogP) is 3.34. The number of primary amides is 1. The summed E-state index contributed by atoms with van der Waals surface area (Å²) in [6.07, 6.45) is 10.5. The van der Waals surface area contributed by atoms with Gasteiger partial charge < -0.3 is 11.1 Å². The minimum absolute atomic E-state index is 0.221. The molecule has 2 heterocycles. The van der Waals surface area contributed by atoms with Crippen LogP contribution in [0.5, 0.6) is 0 Å². The fourth-order valence-electron chi connectivity index (χ4n) is 4.06. The van der Waals surface area contributed by atoms with Gasteiger partial charge in [-0.1, -0.05) is 19.3 Å². The number of aryl methyl sites for hydroxylation is 1. The standard InChI is InChI=1S/C17H22N4OS/c18-13(22)8-10-6-7-12-14(10)15-16(19-9-20-17(15)23-12)21-11-4-2-1-3-5-11/h9-11H,1-8H2,(H2,18,22)(H,19,20,21). The quantitative estimate of drug-likeness (QED) is 0.901. The minimum atomic E-state index is -0.221. The Bertz CT molecular complexity index is 736. The highest BCUT2D eigenvalue weighted by atomic mass is 32.1. The highest BCUT2D eigenvalue weighted by Gasteiger charge is 2.31. The Labute approximate surface area is 139 Å². The molecule has 4 rings (SSSR count). The van der Waals surface area contributed by atoms with Crippen LogP contribution < -0.4 is 11.1 Å². The van der Waals surface area contributed by atoms with E-state index < -0.39 is 0 Å². The van der Waals surface area contributed by atoms with E-state index in [1.54, 1.807) is 17.7 Å². The highest BCUT2D eigenvalue weighted by Crippen LogP contribution is 2.46. The normalized spacial score (nSPS) is 21.5. The average molecular weight is 330 g/mol. The summed E-state index contributed by atoms with van der Waals surface area (Å²) in [7, 11) is 0. The number of hydrogen-bond donors (Lipinski definition) is 2. The van der Waals surface area contributed by atoms with Crippen molar-refractivity contribution in [2.45, 2.75) is 63.3 Å². The van der Waals surface area contributed by atoms with Crippen molar-refractivity contribution in [1.82, 2.24) is 9.97 Å². The summed E-state index contributed by atoms with van der Waals surface area (Å²) >= 11 is 1.75. The number of aromatic nitrogens is 2. The van der Waals surface area contributed by atoms with Gasteiger partial charge in [-0.25, -0.2) is 9.97 Å². The fourth-order valence-corrected chi connectivity index (χ4v) is 5.31. The summed E-state index contributed by atoms with van der Waals surface area (Å²) in [6.45, 7) is 0. The number of fused-ring (bicyclic) bond motifs is 3. The van der Waals surface area contributed by atoms with Crippen LogP contribution in [0.2, 0.25) is 0 Å². The lowest BCUT2D eigenvalue weighted by Gasteiger charge is -2.24. The number of rotatable bonds is 4. The van der Waals surface area contributed by atoms with Crippen molar-refractivity contribution in [3.8, 4) is 0 Å². The van der Waals surface area contributed by atoms with Gasteiger partial charge in [0.15, 0.2) is 0 Å². The molecule has 0 radical (unpaired) electrons. The third-order valence-corrected chi connectivity index (χ3v) is 6.30. The van der Waals surface area contributed by atoms with Gasteiger partial charge in [0.05, 0.1) is 5.39 Å². The molecule has 1 saturated carbocycles. The van der Waals surface area contributed by atoms with Crippen LogP contribution >= 0.6 is 11.3 Å². The number of nitrogens with two attached hydrogens (primary N) is 1. The first-order valence-corrected chi connectivity index (χ1v) is 9.35. The topological polar surface area (TPSA) is 80.9 Å². The van der Waals surface area contributed by atoms with E-state index in [4.69, 9.17) is 5.73 Å². The molecular formula is C17H22N4OS. The first kappa shape index (κ1) is 14.9. The fraction of sp³-hybridized carbons (Fsp3) is 0.588. The van der Waals surface area contributed by atoms with E-state index in [-0.39, 0.29) is 11.8 Å². The van der Waals surface area contributed by atoms with Crippen molar-refractivity contribution in [2.24, 2.45) is 5.73 Å². The molecule has 6 heteroatoms. The van der Waals surface area contributed by atoms with Gasteiger partial charge in [-0.3, -0.25) is 4.79 Å². The third-order valence-electron chi connectivity index (χ3n) is 5.12. The molecule has 0 saturated heterocycles. The molecule has 0 aliphatic heterocycles. The Hall–Kier alpha value is -1.69. The van der Waals surface area contributed by atoms with E-state index in [0.717, 1.165) is 28.9 Å². The molecular weight excluding hydrogens is 308 g/mol. The van der Waals surface area contributed by atoms with Crippen LogP contribution in [0.1, 0.15) is 61.3 Å². The molecule has 1 atom stereocenters. The number of anilines is 1. The Kier molecular flexibility index (Phi) is 3.93. The van der Waals surface area contributed by atoms with Crippen LogP contribution in [0.4, 0.5) is 5.82 Å². The van der Waals surface area contributed by atoms with Crippen LogP contribution in [0.15, 0.2) is 6.33 Å². The number of carbonyl (C=O) groups excluding carboxylic acids is 1. The average Bonchev–Trinajstić information content (AvgIpc) is 3.08. The van der Waals surface area contributed by atoms with Gasteiger partial charge in [0.2, 0.25) is 5.91 Å². The van der Waals surface area contributed by atoms with E-state index in [1.807, 2.05) is 0 Å². The summed E-state index contributed by atoms with van der Waals surface area (Å²) in [4.78, 5) is 22.8. The maximum absolute atomic E-state index is 11.4. The molecule has 1 unspecified atom stereocenters. The van der Waals surface area contributed by atoms with Crippen LogP contribution in [0.25, 0.3) is 10.2 Å². The van der Waals surface area contributed by atoms with Crippen molar-refractivity contribution < 1.29 is 4.79 Å². The minimum Gasteiger partial charge on any atom is -0.370 e. The number of thiophene rings is 1. The maximum atomic E-state index is 11.4. The molecule has 1 amide bonds. The van der Waals surface area contributed by atoms with Gasteiger partial charge in [-0.2, -0.15) is 0 Å². The van der Waals surface area contributed by atoms with Crippen molar-refractivity contribution >= 4 is 33.3 Å².